The van der Waals surface area contributed by atoms with Crippen LogP contribution in [-0.2, 0) is 4.79 Å². The number of aromatic nitrogens is 2. The second-order valence-electron chi connectivity index (χ2n) is 5.03. The lowest BCUT2D eigenvalue weighted by molar-refractivity contribution is -0.143. The Bertz CT molecular complexity index is 713. The van der Waals surface area contributed by atoms with Gasteiger partial charge >= 0.3 is 5.97 Å². The highest BCUT2D eigenvalue weighted by molar-refractivity contribution is 6.32. The van der Waals surface area contributed by atoms with Crippen LogP contribution in [0.15, 0.2) is 24.4 Å². The van der Waals surface area contributed by atoms with E-state index >= 15 is 0 Å². The summed E-state index contributed by atoms with van der Waals surface area (Å²) < 4.78 is 1.60. The first-order valence-corrected chi connectivity index (χ1v) is 7.14. The number of hydrogen-bond acceptors (Lipinski definition) is 3. The summed E-state index contributed by atoms with van der Waals surface area (Å²) in [6.07, 6.45) is 3.77. The molecule has 1 aliphatic heterocycles. The SMILES string of the molecule is O=C(O)[C@@H]1CCCCN1C(=O)c1c(Cl)nc2ccccn12. The molecule has 1 atom stereocenters. The Hall–Kier alpha value is -2.08. The number of piperidine rings is 1. The zero-order chi connectivity index (χ0) is 15.0. The Morgan fingerprint density at radius 1 is 1.33 bits per heavy atom. The van der Waals surface area contributed by atoms with E-state index in [9.17, 15) is 14.7 Å². The minimum atomic E-state index is -0.979. The summed E-state index contributed by atoms with van der Waals surface area (Å²) in [5.74, 6) is -1.36. The van der Waals surface area contributed by atoms with Crippen LogP contribution in [0, 0.1) is 0 Å². The van der Waals surface area contributed by atoms with Gasteiger partial charge < -0.3 is 10.0 Å². The molecular weight excluding hydrogens is 294 g/mol. The van der Waals surface area contributed by atoms with E-state index in [1.807, 2.05) is 0 Å². The largest absolute Gasteiger partial charge is 0.480 e. The van der Waals surface area contributed by atoms with Crippen molar-refractivity contribution in [1.82, 2.24) is 14.3 Å². The van der Waals surface area contributed by atoms with E-state index in [1.165, 1.54) is 4.90 Å². The van der Waals surface area contributed by atoms with Crippen LogP contribution in [0.4, 0.5) is 0 Å². The third kappa shape index (κ3) is 2.35. The number of amides is 1. The zero-order valence-corrected chi connectivity index (χ0v) is 12.0. The van der Waals surface area contributed by atoms with Gasteiger partial charge in [-0.15, -0.1) is 0 Å². The third-order valence-corrected chi connectivity index (χ3v) is 4.00. The number of rotatable bonds is 2. The number of carbonyl (C=O) groups is 2. The summed E-state index contributed by atoms with van der Waals surface area (Å²) in [6.45, 7) is 0.423. The summed E-state index contributed by atoms with van der Waals surface area (Å²) in [5.41, 5.74) is 0.787. The van der Waals surface area contributed by atoms with Crippen molar-refractivity contribution in [2.75, 3.05) is 6.54 Å². The van der Waals surface area contributed by atoms with E-state index in [-0.39, 0.29) is 16.8 Å². The summed E-state index contributed by atoms with van der Waals surface area (Å²) in [7, 11) is 0. The van der Waals surface area contributed by atoms with Crippen molar-refractivity contribution in [2.24, 2.45) is 0 Å². The van der Waals surface area contributed by atoms with Gasteiger partial charge in [0.05, 0.1) is 0 Å². The van der Waals surface area contributed by atoms with Crippen LogP contribution < -0.4 is 0 Å². The van der Waals surface area contributed by atoms with Crippen molar-refractivity contribution in [3.63, 3.8) is 0 Å². The van der Waals surface area contributed by atoms with E-state index < -0.39 is 12.0 Å². The molecule has 0 radical (unpaired) electrons. The molecule has 3 heterocycles. The molecule has 0 spiro atoms. The van der Waals surface area contributed by atoms with Crippen LogP contribution in [0.2, 0.25) is 5.15 Å². The molecule has 0 bridgehead atoms. The predicted octanol–water partition coefficient (Wildman–Crippen LogP) is 2.07. The number of carboxylic acids is 1. The first-order valence-electron chi connectivity index (χ1n) is 6.76. The summed E-state index contributed by atoms with van der Waals surface area (Å²) >= 11 is 6.08. The lowest BCUT2D eigenvalue weighted by Crippen LogP contribution is -2.48. The van der Waals surface area contributed by atoms with Gasteiger partial charge in [0, 0.05) is 12.7 Å². The van der Waals surface area contributed by atoms with Crippen molar-refractivity contribution in [3.05, 3.63) is 35.2 Å². The zero-order valence-electron chi connectivity index (χ0n) is 11.2. The van der Waals surface area contributed by atoms with Gasteiger partial charge in [0.25, 0.3) is 5.91 Å². The molecule has 21 heavy (non-hydrogen) atoms. The molecule has 7 heteroatoms. The van der Waals surface area contributed by atoms with Crippen LogP contribution in [0.3, 0.4) is 0 Å². The fourth-order valence-electron chi connectivity index (χ4n) is 2.73. The molecule has 0 unspecified atom stereocenters. The van der Waals surface area contributed by atoms with Crippen LogP contribution in [0.5, 0.6) is 0 Å². The quantitative estimate of drug-likeness (QED) is 0.921. The molecule has 2 aromatic heterocycles. The van der Waals surface area contributed by atoms with E-state index in [0.717, 1.165) is 12.8 Å². The van der Waals surface area contributed by atoms with E-state index in [4.69, 9.17) is 11.6 Å². The lowest BCUT2D eigenvalue weighted by atomic mass is 10.0. The molecular formula is C14H14ClN3O3. The number of aliphatic carboxylic acids is 1. The number of hydrogen-bond donors (Lipinski definition) is 1. The van der Waals surface area contributed by atoms with Gasteiger partial charge in [-0.2, -0.15) is 0 Å². The Balaban J connectivity index is 2.03. The van der Waals surface area contributed by atoms with Crippen molar-refractivity contribution in [3.8, 4) is 0 Å². The molecule has 110 valence electrons. The van der Waals surface area contributed by atoms with Crippen molar-refractivity contribution < 1.29 is 14.7 Å². The first-order chi connectivity index (χ1) is 10.1. The molecule has 1 fully saturated rings. The Kier molecular flexibility index (Phi) is 3.55. The smallest absolute Gasteiger partial charge is 0.326 e. The number of carboxylic acid groups (broad SMARTS) is 1. The molecule has 0 aromatic carbocycles. The number of nitrogens with zero attached hydrogens (tertiary/aromatic N) is 3. The first kappa shape index (κ1) is 13.9. The summed E-state index contributed by atoms with van der Waals surface area (Å²) in [6, 6.07) is 4.52. The number of fused-ring (bicyclic) bond motifs is 1. The van der Waals surface area contributed by atoms with Crippen molar-refractivity contribution in [2.45, 2.75) is 25.3 Å². The lowest BCUT2D eigenvalue weighted by Gasteiger charge is -2.32. The molecule has 0 aliphatic carbocycles. The minimum Gasteiger partial charge on any atom is -0.480 e. The molecule has 1 saturated heterocycles. The van der Waals surface area contributed by atoms with Crippen LogP contribution in [0.1, 0.15) is 29.8 Å². The molecule has 0 saturated carbocycles. The second-order valence-corrected chi connectivity index (χ2v) is 5.39. The van der Waals surface area contributed by atoms with Gasteiger partial charge in [0.15, 0.2) is 10.8 Å². The highest BCUT2D eigenvalue weighted by atomic mass is 35.5. The van der Waals surface area contributed by atoms with Crippen LogP contribution in [0.25, 0.3) is 5.65 Å². The average molecular weight is 308 g/mol. The Morgan fingerprint density at radius 3 is 2.90 bits per heavy atom. The average Bonchev–Trinajstić information content (AvgIpc) is 2.82. The van der Waals surface area contributed by atoms with Gasteiger partial charge in [-0.1, -0.05) is 17.7 Å². The number of imidazole rings is 1. The maximum absolute atomic E-state index is 12.7. The Morgan fingerprint density at radius 2 is 2.14 bits per heavy atom. The predicted molar refractivity (Wildman–Crippen MR) is 76.5 cm³/mol. The van der Waals surface area contributed by atoms with Gasteiger partial charge in [-0.25, -0.2) is 9.78 Å². The fourth-order valence-corrected chi connectivity index (χ4v) is 2.98. The highest BCUT2D eigenvalue weighted by Crippen LogP contribution is 2.24. The second kappa shape index (κ2) is 5.37. The molecule has 1 amide bonds. The van der Waals surface area contributed by atoms with Gasteiger partial charge in [0.1, 0.15) is 11.7 Å². The monoisotopic (exact) mass is 307 g/mol. The maximum Gasteiger partial charge on any atom is 0.326 e. The molecule has 1 N–H and O–H groups in total. The van der Waals surface area contributed by atoms with Gasteiger partial charge in [-0.05, 0) is 31.4 Å². The number of carbonyl (C=O) groups excluding carboxylic acids is 1. The maximum atomic E-state index is 12.7. The third-order valence-electron chi connectivity index (χ3n) is 3.74. The number of halogens is 1. The Labute approximate surface area is 125 Å². The normalized spacial score (nSPS) is 18.9. The molecule has 6 nitrogen and oxygen atoms in total. The summed E-state index contributed by atoms with van der Waals surface area (Å²) in [4.78, 5) is 29.6. The van der Waals surface area contributed by atoms with Gasteiger partial charge in [-0.3, -0.25) is 9.20 Å². The molecule has 1 aliphatic rings. The van der Waals surface area contributed by atoms with Crippen molar-refractivity contribution >= 4 is 29.1 Å². The fraction of sp³-hybridized carbons (Fsp3) is 0.357. The standard InChI is InChI=1S/C14H14ClN3O3/c15-12-11(18-8-4-2-6-10(18)16-12)13(19)17-7-3-1-5-9(17)14(20)21/h2,4,6,8-9H,1,3,5,7H2,(H,20,21)/t9-/m0/s1. The van der Waals surface area contributed by atoms with Crippen molar-refractivity contribution in [1.29, 1.82) is 0 Å². The highest BCUT2D eigenvalue weighted by Gasteiger charge is 2.34. The minimum absolute atomic E-state index is 0.0981. The number of likely N-dealkylation sites (tertiary alicyclic amines) is 1. The van der Waals surface area contributed by atoms with Crippen LogP contribution in [-0.4, -0.2) is 43.9 Å². The topological polar surface area (TPSA) is 74.9 Å². The molecule has 3 rings (SSSR count). The van der Waals surface area contributed by atoms with Gasteiger partial charge in [0.2, 0.25) is 0 Å². The van der Waals surface area contributed by atoms with E-state index in [2.05, 4.69) is 4.98 Å². The number of pyridine rings is 1. The van der Waals surface area contributed by atoms with E-state index in [1.54, 1.807) is 28.8 Å². The summed E-state index contributed by atoms with van der Waals surface area (Å²) in [5, 5.41) is 9.39. The van der Waals surface area contributed by atoms with Crippen LogP contribution >= 0.6 is 11.6 Å². The molecule has 2 aromatic rings. The van der Waals surface area contributed by atoms with E-state index in [0.29, 0.717) is 18.6 Å².